The van der Waals surface area contributed by atoms with Gasteiger partial charge >= 0.3 is 0 Å². The maximum Gasteiger partial charge on any atom is 0.291 e. The molecule has 1 aliphatic heterocycles. The van der Waals surface area contributed by atoms with Crippen molar-refractivity contribution < 1.29 is 18.3 Å². The molecule has 0 saturated carbocycles. The van der Waals surface area contributed by atoms with Gasteiger partial charge in [0.25, 0.3) is 5.91 Å². The Bertz CT molecular complexity index is 970. The van der Waals surface area contributed by atoms with Crippen LogP contribution in [0.5, 0.6) is 5.75 Å². The largest absolute Gasteiger partial charge is 0.489 e. The van der Waals surface area contributed by atoms with Gasteiger partial charge in [-0.2, -0.15) is 0 Å². The molecule has 1 atom stereocenters. The number of nitrogens with zero attached hydrogens (tertiary/aromatic N) is 1. The summed E-state index contributed by atoms with van der Waals surface area (Å²) in [6.45, 7) is 4.52. The van der Waals surface area contributed by atoms with E-state index in [1.807, 2.05) is 37.3 Å². The van der Waals surface area contributed by atoms with Crippen molar-refractivity contribution in [1.82, 2.24) is 4.90 Å². The van der Waals surface area contributed by atoms with Crippen molar-refractivity contribution in [3.63, 3.8) is 0 Å². The second-order valence-corrected chi connectivity index (χ2v) is 7.30. The van der Waals surface area contributed by atoms with Gasteiger partial charge < -0.3 is 14.5 Å². The van der Waals surface area contributed by atoms with Gasteiger partial charge in [0.2, 0.25) is 0 Å². The number of benzene rings is 2. The summed E-state index contributed by atoms with van der Waals surface area (Å²) in [5, 5.41) is 2.82. The van der Waals surface area contributed by atoms with E-state index in [-0.39, 0.29) is 23.6 Å². The topological polar surface area (TPSA) is 54.7 Å². The van der Waals surface area contributed by atoms with E-state index in [9.17, 15) is 9.18 Å². The van der Waals surface area contributed by atoms with Crippen LogP contribution in [0, 0.1) is 12.7 Å². The van der Waals surface area contributed by atoms with Crippen LogP contribution in [0.2, 0.25) is 0 Å². The Morgan fingerprint density at radius 2 is 2.07 bits per heavy atom. The molecule has 1 unspecified atom stereocenters. The van der Waals surface area contributed by atoms with E-state index in [1.165, 1.54) is 18.4 Å². The number of nitrogens with one attached hydrogen (secondary N) is 1. The summed E-state index contributed by atoms with van der Waals surface area (Å²) in [6, 6.07) is 15.5. The molecule has 4 rings (SSSR count). The third kappa shape index (κ3) is 4.84. The minimum absolute atomic E-state index is 0.109. The lowest BCUT2D eigenvalue weighted by molar-refractivity contribution is 0.0996. The van der Waals surface area contributed by atoms with Crippen LogP contribution in [0.3, 0.4) is 0 Å². The van der Waals surface area contributed by atoms with E-state index >= 15 is 0 Å². The number of aryl methyl sites for hydroxylation is 1. The maximum absolute atomic E-state index is 13.1. The summed E-state index contributed by atoms with van der Waals surface area (Å²) < 4.78 is 24.4. The first kappa shape index (κ1) is 19.2. The lowest BCUT2D eigenvalue weighted by atomic mass is 10.2. The van der Waals surface area contributed by atoms with Gasteiger partial charge in [-0.3, -0.25) is 9.69 Å². The van der Waals surface area contributed by atoms with Crippen LogP contribution in [-0.2, 0) is 6.54 Å². The molecule has 6 heteroatoms. The molecule has 2 aromatic carbocycles. The molecule has 3 aromatic rings. The molecular weight excluding hydrogens is 371 g/mol. The number of ether oxygens (including phenoxy) is 1. The second kappa shape index (κ2) is 8.49. The fourth-order valence-corrected chi connectivity index (χ4v) is 3.52. The molecule has 1 amide bonds. The number of hydrogen-bond donors (Lipinski definition) is 1. The summed E-state index contributed by atoms with van der Waals surface area (Å²) in [4.78, 5) is 14.4. The minimum Gasteiger partial charge on any atom is -0.489 e. The number of anilines is 1. The molecule has 1 saturated heterocycles. The normalized spacial score (nSPS) is 16.7. The third-order valence-corrected chi connectivity index (χ3v) is 5.02. The first-order valence-electron chi connectivity index (χ1n) is 9.66. The standard InChI is InChI=1S/C23H23FN2O3/c1-16-13-19(25-23(27)22-3-2-12-28-22)8-9-21(16)29-20-10-11-26(15-20)14-17-4-6-18(24)7-5-17/h2-9,12-13,20H,10-11,14-15H2,1H3,(H,25,27). The van der Waals surface area contributed by atoms with Crippen molar-refractivity contribution >= 4 is 11.6 Å². The average molecular weight is 394 g/mol. The third-order valence-electron chi connectivity index (χ3n) is 5.02. The lowest BCUT2D eigenvalue weighted by Gasteiger charge is -2.18. The van der Waals surface area contributed by atoms with Gasteiger partial charge in [0.1, 0.15) is 17.7 Å². The Hall–Kier alpha value is -3.12. The van der Waals surface area contributed by atoms with Crippen molar-refractivity contribution in [2.45, 2.75) is 26.0 Å². The van der Waals surface area contributed by atoms with Crippen LogP contribution in [0.15, 0.2) is 65.3 Å². The molecule has 0 spiro atoms. The molecule has 2 heterocycles. The van der Waals surface area contributed by atoms with Gasteiger partial charge in [0.15, 0.2) is 5.76 Å². The van der Waals surface area contributed by atoms with E-state index in [1.54, 1.807) is 12.1 Å². The van der Waals surface area contributed by atoms with Crippen LogP contribution >= 0.6 is 0 Å². The first-order valence-corrected chi connectivity index (χ1v) is 9.66. The van der Waals surface area contributed by atoms with Crippen molar-refractivity contribution in [2.24, 2.45) is 0 Å². The van der Waals surface area contributed by atoms with Crippen LogP contribution in [0.4, 0.5) is 10.1 Å². The van der Waals surface area contributed by atoms with Gasteiger partial charge in [0.05, 0.1) is 6.26 Å². The molecule has 29 heavy (non-hydrogen) atoms. The number of carbonyl (C=O) groups excluding carboxylic acids is 1. The summed E-state index contributed by atoms with van der Waals surface area (Å²) >= 11 is 0. The molecule has 0 radical (unpaired) electrons. The minimum atomic E-state index is -0.282. The van der Waals surface area contributed by atoms with Crippen molar-refractivity contribution in [3.05, 3.63) is 83.6 Å². The number of hydrogen-bond acceptors (Lipinski definition) is 4. The molecule has 1 aliphatic rings. The lowest BCUT2D eigenvalue weighted by Crippen LogP contribution is -2.24. The summed E-state index contributed by atoms with van der Waals surface area (Å²) in [6.07, 6.45) is 2.52. The fourth-order valence-electron chi connectivity index (χ4n) is 3.52. The summed E-state index contributed by atoms with van der Waals surface area (Å²) in [7, 11) is 0. The average Bonchev–Trinajstić information content (AvgIpc) is 3.38. The molecule has 5 nitrogen and oxygen atoms in total. The molecule has 1 aromatic heterocycles. The number of carbonyl (C=O) groups is 1. The highest BCUT2D eigenvalue weighted by atomic mass is 19.1. The Morgan fingerprint density at radius 3 is 2.79 bits per heavy atom. The van der Waals surface area contributed by atoms with Crippen LogP contribution in [-0.4, -0.2) is 30.0 Å². The fraction of sp³-hybridized carbons (Fsp3) is 0.261. The Balaban J connectivity index is 1.32. The Labute approximate surface area is 169 Å². The van der Waals surface area contributed by atoms with Crippen LogP contribution in [0.25, 0.3) is 0 Å². The number of amides is 1. The van der Waals surface area contributed by atoms with Crippen molar-refractivity contribution in [3.8, 4) is 5.75 Å². The number of likely N-dealkylation sites (tertiary alicyclic amines) is 1. The molecule has 0 aliphatic carbocycles. The van der Waals surface area contributed by atoms with Gasteiger partial charge in [-0.15, -0.1) is 0 Å². The highest BCUT2D eigenvalue weighted by Gasteiger charge is 2.24. The predicted molar refractivity (Wildman–Crippen MR) is 109 cm³/mol. The van der Waals surface area contributed by atoms with Gasteiger partial charge in [-0.25, -0.2) is 4.39 Å². The van der Waals surface area contributed by atoms with E-state index in [0.717, 1.165) is 42.9 Å². The van der Waals surface area contributed by atoms with Crippen molar-refractivity contribution in [2.75, 3.05) is 18.4 Å². The molecule has 150 valence electrons. The van der Waals surface area contributed by atoms with Gasteiger partial charge in [0, 0.05) is 25.3 Å². The number of halogens is 1. The monoisotopic (exact) mass is 394 g/mol. The SMILES string of the molecule is Cc1cc(NC(=O)c2ccco2)ccc1OC1CCN(Cc2ccc(F)cc2)C1. The summed E-state index contributed by atoms with van der Waals surface area (Å²) in [5.74, 6) is 0.593. The Kier molecular flexibility index (Phi) is 5.62. The number of rotatable bonds is 6. The van der Waals surface area contributed by atoms with E-state index in [4.69, 9.17) is 9.15 Å². The van der Waals surface area contributed by atoms with Gasteiger partial charge in [-0.05, 0) is 66.9 Å². The van der Waals surface area contributed by atoms with Crippen LogP contribution in [0.1, 0.15) is 28.1 Å². The predicted octanol–water partition coefficient (Wildman–Crippen LogP) is 4.63. The molecule has 0 bridgehead atoms. The maximum atomic E-state index is 13.1. The first-order chi connectivity index (χ1) is 14.1. The van der Waals surface area contributed by atoms with E-state index in [2.05, 4.69) is 10.2 Å². The molecule has 1 fully saturated rings. The highest BCUT2D eigenvalue weighted by Crippen LogP contribution is 2.26. The summed E-state index contributed by atoms with van der Waals surface area (Å²) in [5.41, 5.74) is 2.75. The zero-order valence-corrected chi connectivity index (χ0v) is 16.2. The molecular formula is C23H23FN2O3. The second-order valence-electron chi connectivity index (χ2n) is 7.30. The Morgan fingerprint density at radius 1 is 1.24 bits per heavy atom. The highest BCUT2D eigenvalue weighted by molar-refractivity contribution is 6.02. The quantitative estimate of drug-likeness (QED) is 0.662. The van der Waals surface area contributed by atoms with Crippen molar-refractivity contribution in [1.29, 1.82) is 0 Å². The van der Waals surface area contributed by atoms with E-state index < -0.39 is 0 Å². The van der Waals surface area contributed by atoms with E-state index in [0.29, 0.717) is 5.69 Å². The number of furan rings is 1. The smallest absolute Gasteiger partial charge is 0.291 e. The zero-order chi connectivity index (χ0) is 20.2. The molecule has 1 N–H and O–H groups in total. The zero-order valence-electron chi connectivity index (χ0n) is 16.2. The van der Waals surface area contributed by atoms with Crippen LogP contribution < -0.4 is 10.1 Å². The van der Waals surface area contributed by atoms with Gasteiger partial charge in [-0.1, -0.05) is 12.1 Å².